The fraction of sp³-hybridized carbons (Fsp3) is 0.357. The maximum atomic E-state index is 12.2. The fourth-order valence-corrected chi connectivity index (χ4v) is 2.46. The molecular formula is C14H15N3O3. The average Bonchev–Trinajstić information content (AvgIpc) is 2.78. The minimum atomic E-state index is -1.11. The van der Waals surface area contributed by atoms with Crippen molar-refractivity contribution in [2.75, 3.05) is 0 Å². The van der Waals surface area contributed by atoms with E-state index in [0.717, 1.165) is 12.1 Å². The lowest BCUT2D eigenvalue weighted by Gasteiger charge is -2.37. The molecule has 6 nitrogen and oxygen atoms in total. The number of fused-ring (bicyclic) bond motifs is 1. The molecule has 0 aliphatic heterocycles. The highest BCUT2D eigenvalue weighted by Gasteiger charge is 2.46. The Balaban J connectivity index is 1.89. The Hall–Kier alpha value is -2.37. The van der Waals surface area contributed by atoms with E-state index in [-0.39, 0.29) is 5.69 Å². The van der Waals surface area contributed by atoms with Gasteiger partial charge in [0, 0.05) is 11.9 Å². The van der Waals surface area contributed by atoms with E-state index in [1.165, 1.54) is 0 Å². The van der Waals surface area contributed by atoms with Crippen LogP contribution in [0.4, 0.5) is 0 Å². The minimum Gasteiger partial charge on any atom is -0.480 e. The van der Waals surface area contributed by atoms with Gasteiger partial charge in [0.1, 0.15) is 16.9 Å². The van der Waals surface area contributed by atoms with Crippen molar-refractivity contribution >= 4 is 17.5 Å². The second-order valence-electron chi connectivity index (χ2n) is 5.22. The summed E-state index contributed by atoms with van der Waals surface area (Å²) in [7, 11) is 0. The smallest absolute Gasteiger partial charge is 0.329 e. The monoisotopic (exact) mass is 273 g/mol. The lowest BCUT2D eigenvalue weighted by atomic mass is 9.76. The van der Waals surface area contributed by atoms with Crippen molar-refractivity contribution in [3.05, 3.63) is 35.8 Å². The van der Waals surface area contributed by atoms with Crippen LogP contribution in [0.15, 0.2) is 24.4 Å². The summed E-state index contributed by atoms with van der Waals surface area (Å²) in [5, 5.41) is 11.8. The molecule has 6 heteroatoms. The van der Waals surface area contributed by atoms with Crippen LogP contribution in [0.25, 0.3) is 5.65 Å². The molecular weight excluding hydrogens is 258 g/mol. The van der Waals surface area contributed by atoms with Crippen LogP contribution in [0.3, 0.4) is 0 Å². The number of rotatable bonds is 3. The van der Waals surface area contributed by atoms with E-state index in [0.29, 0.717) is 18.5 Å². The minimum absolute atomic E-state index is 0.242. The lowest BCUT2D eigenvalue weighted by molar-refractivity contribution is -0.148. The summed E-state index contributed by atoms with van der Waals surface area (Å²) in [5.74, 6) is -1.41. The van der Waals surface area contributed by atoms with Crippen molar-refractivity contribution in [1.29, 1.82) is 0 Å². The maximum absolute atomic E-state index is 12.2. The predicted molar refractivity (Wildman–Crippen MR) is 71.6 cm³/mol. The van der Waals surface area contributed by atoms with Gasteiger partial charge in [-0.05, 0) is 38.3 Å². The average molecular weight is 273 g/mol. The second kappa shape index (κ2) is 4.33. The topological polar surface area (TPSA) is 83.7 Å². The van der Waals surface area contributed by atoms with Gasteiger partial charge in [-0.25, -0.2) is 9.78 Å². The molecule has 104 valence electrons. The zero-order valence-electron chi connectivity index (χ0n) is 11.1. The van der Waals surface area contributed by atoms with E-state index in [9.17, 15) is 14.7 Å². The molecule has 2 N–H and O–H groups in total. The number of carbonyl (C=O) groups is 2. The lowest BCUT2D eigenvalue weighted by Crippen LogP contribution is -2.59. The maximum Gasteiger partial charge on any atom is 0.329 e. The SMILES string of the molecule is Cc1cccc2nc(C(=O)NC3(C(=O)O)CCC3)cn12. The quantitative estimate of drug-likeness (QED) is 0.885. The van der Waals surface area contributed by atoms with Gasteiger partial charge >= 0.3 is 5.97 Å². The molecule has 0 bridgehead atoms. The summed E-state index contributed by atoms with van der Waals surface area (Å²) in [4.78, 5) is 27.7. The number of imidazole rings is 1. The molecule has 0 aromatic carbocycles. The van der Waals surface area contributed by atoms with Crippen LogP contribution in [0.5, 0.6) is 0 Å². The van der Waals surface area contributed by atoms with Crippen molar-refractivity contribution in [1.82, 2.24) is 14.7 Å². The molecule has 0 spiro atoms. The third-order valence-electron chi connectivity index (χ3n) is 3.90. The highest BCUT2D eigenvalue weighted by Crippen LogP contribution is 2.32. The number of pyridine rings is 1. The molecule has 1 amide bonds. The molecule has 1 saturated carbocycles. The summed E-state index contributed by atoms with van der Waals surface area (Å²) in [5.41, 5.74) is 0.771. The number of aromatic nitrogens is 2. The molecule has 0 radical (unpaired) electrons. The molecule has 1 aliphatic carbocycles. The molecule has 20 heavy (non-hydrogen) atoms. The summed E-state index contributed by atoms with van der Waals surface area (Å²) < 4.78 is 1.81. The first-order valence-electron chi connectivity index (χ1n) is 6.52. The van der Waals surface area contributed by atoms with Gasteiger partial charge in [0.15, 0.2) is 0 Å². The van der Waals surface area contributed by atoms with Crippen LogP contribution in [0.1, 0.15) is 35.4 Å². The molecule has 0 unspecified atom stereocenters. The zero-order chi connectivity index (χ0) is 14.3. The molecule has 1 aliphatic rings. The number of amides is 1. The highest BCUT2D eigenvalue weighted by atomic mass is 16.4. The van der Waals surface area contributed by atoms with Crippen molar-refractivity contribution < 1.29 is 14.7 Å². The molecule has 1 fully saturated rings. The first-order chi connectivity index (χ1) is 9.52. The standard InChI is InChI=1S/C14H15N3O3/c1-9-4-2-5-11-15-10(8-17(9)11)12(18)16-14(13(19)20)6-3-7-14/h2,4-5,8H,3,6-7H2,1H3,(H,16,18)(H,19,20). The van der Waals surface area contributed by atoms with Crippen molar-refractivity contribution in [2.45, 2.75) is 31.7 Å². The predicted octanol–water partition coefficient (Wildman–Crippen LogP) is 1.38. The number of aliphatic carboxylic acids is 1. The Bertz CT molecular complexity index is 701. The zero-order valence-corrected chi connectivity index (χ0v) is 11.1. The van der Waals surface area contributed by atoms with E-state index in [1.54, 1.807) is 12.3 Å². The van der Waals surface area contributed by atoms with Crippen molar-refractivity contribution in [3.8, 4) is 0 Å². The van der Waals surface area contributed by atoms with Gasteiger partial charge in [-0.3, -0.25) is 4.79 Å². The molecule has 0 atom stereocenters. The van der Waals surface area contributed by atoms with Gasteiger partial charge in [-0.15, -0.1) is 0 Å². The van der Waals surface area contributed by atoms with Gasteiger partial charge < -0.3 is 14.8 Å². The van der Waals surface area contributed by atoms with Gasteiger partial charge in [0.05, 0.1) is 0 Å². The van der Waals surface area contributed by atoms with Crippen LogP contribution in [0, 0.1) is 6.92 Å². The van der Waals surface area contributed by atoms with Crippen LogP contribution in [0.2, 0.25) is 0 Å². The largest absolute Gasteiger partial charge is 0.480 e. The second-order valence-corrected chi connectivity index (χ2v) is 5.22. The third kappa shape index (κ3) is 1.84. The van der Waals surface area contributed by atoms with E-state index in [2.05, 4.69) is 10.3 Å². The van der Waals surface area contributed by atoms with Crippen LogP contribution < -0.4 is 5.32 Å². The molecule has 2 aromatic rings. The van der Waals surface area contributed by atoms with E-state index >= 15 is 0 Å². The summed E-state index contributed by atoms with van der Waals surface area (Å²) in [6.45, 7) is 1.92. The van der Waals surface area contributed by atoms with E-state index < -0.39 is 17.4 Å². The van der Waals surface area contributed by atoms with Gasteiger partial charge in [0.25, 0.3) is 5.91 Å². The number of hydrogen-bond donors (Lipinski definition) is 2. The third-order valence-corrected chi connectivity index (χ3v) is 3.90. The Morgan fingerprint density at radius 3 is 2.70 bits per heavy atom. The molecule has 3 rings (SSSR count). The van der Waals surface area contributed by atoms with Crippen molar-refractivity contribution in [3.63, 3.8) is 0 Å². The van der Waals surface area contributed by atoms with Gasteiger partial charge in [-0.2, -0.15) is 0 Å². The Morgan fingerprint density at radius 2 is 2.15 bits per heavy atom. The number of nitrogens with one attached hydrogen (secondary N) is 1. The number of hydrogen-bond acceptors (Lipinski definition) is 3. The van der Waals surface area contributed by atoms with Crippen LogP contribution >= 0.6 is 0 Å². The summed E-state index contributed by atoms with van der Waals surface area (Å²) >= 11 is 0. The van der Waals surface area contributed by atoms with Gasteiger partial charge in [0.2, 0.25) is 0 Å². The van der Waals surface area contributed by atoms with E-state index in [1.807, 2.05) is 23.5 Å². The van der Waals surface area contributed by atoms with Crippen molar-refractivity contribution in [2.24, 2.45) is 0 Å². The first kappa shape index (κ1) is 12.7. The number of carboxylic acids is 1. The van der Waals surface area contributed by atoms with E-state index in [4.69, 9.17) is 0 Å². The van der Waals surface area contributed by atoms with Crippen LogP contribution in [-0.2, 0) is 4.79 Å². The Morgan fingerprint density at radius 1 is 1.40 bits per heavy atom. The first-order valence-corrected chi connectivity index (χ1v) is 6.52. The molecule has 0 saturated heterocycles. The normalized spacial score (nSPS) is 16.6. The number of carbonyl (C=O) groups excluding carboxylic acids is 1. The number of aryl methyl sites for hydroxylation is 1. The molecule has 2 heterocycles. The highest BCUT2D eigenvalue weighted by molar-refractivity contribution is 5.97. The summed E-state index contributed by atoms with van der Waals surface area (Å²) in [6.07, 6.45) is 3.39. The Labute approximate surface area is 115 Å². The summed E-state index contributed by atoms with van der Waals surface area (Å²) in [6, 6.07) is 5.59. The number of carboxylic acid groups (broad SMARTS) is 1. The van der Waals surface area contributed by atoms with Gasteiger partial charge in [-0.1, -0.05) is 6.07 Å². The number of nitrogens with zero attached hydrogens (tertiary/aromatic N) is 2. The Kier molecular flexibility index (Phi) is 2.74. The molecule has 2 aromatic heterocycles. The fourth-order valence-electron chi connectivity index (χ4n) is 2.46. The van der Waals surface area contributed by atoms with Crippen LogP contribution in [-0.4, -0.2) is 31.9 Å².